The largest absolute Gasteiger partial charge is 0.463 e. The molecule has 0 aliphatic rings. The molecule has 1 aromatic rings. The second-order valence-corrected chi connectivity index (χ2v) is 3.23. The van der Waals surface area contributed by atoms with Gasteiger partial charge in [0.15, 0.2) is 0 Å². The molecule has 0 bridgehead atoms. The lowest BCUT2D eigenvalue weighted by atomic mass is 10.3. The normalized spacial score (nSPS) is 8.71. The van der Waals surface area contributed by atoms with Crippen molar-refractivity contribution in [3.05, 3.63) is 35.0 Å². The summed E-state index contributed by atoms with van der Waals surface area (Å²) in [6.45, 7) is 0. The van der Waals surface area contributed by atoms with Crippen molar-refractivity contribution in [3.63, 3.8) is 0 Å². The second-order valence-electron chi connectivity index (χ2n) is 2.22. The van der Waals surface area contributed by atoms with Gasteiger partial charge in [-0.1, -0.05) is 23.2 Å². The van der Waals surface area contributed by atoms with Crippen LogP contribution >= 0.6 is 23.2 Å². The summed E-state index contributed by atoms with van der Waals surface area (Å²) in [5, 5.41) is 0. The fourth-order valence-electron chi connectivity index (χ4n) is 0.765. The van der Waals surface area contributed by atoms with Crippen molar-refractivity contribution in [2.45, 2.75) is 0 Å². The molecular formula is C9H5Cl2NO2. The predicted molar refractivity (Wildman–Crippen MR) is 54.6 cm³/mol. The zero-order valence-corrected chi connectivity index (χ0v) is 8.42. The van der Waals surface area contributed by atoms with Crippen LogP contribution in [0.15, 0.2) is 40.0 Å². The van der Waals surface area contributed by atoms with E-state index in [9.17, 15) is 4.79 Å². The van der Waals surface area contributed by atoms with Gasteiger partial charge in [-0.3, -0.25) is 0 Å². The van der Waals surface area contributed by atoms with E-state index in [0.29, 0.717) is 11.4 Å². The maximum atomic E-state index is 9.91. The van der Waals surface area contributed by atoms with E-state index in [0.717, 1.165) is 0 Å². The average Bonchev–Trinajstić information content (AvgIpc) is 2.17. The van der Waals surface area contributed by atoms with Crippen LogP contribution in [0.1, 0.15) is 0 Å². The predicted octanol–water partition coefficient (Wildman–Crippen LogP) is 3.31. The molecule has 0 amide bonds. The number of carbonyl (C=O) groups excluding carboxylic acids is 1. The van der Waals surface area contributed by atoms with Gasteiger partial charge in [-0.2, -0.15) is 4.99 Å². The average molecular weight is 230 g/mol. The molecule has 0 spiro atoms. The van der Waals surface area contributed by atoms with Gasteiger partial charge in [0.05, 0.1) is 5.69 Å². The van der Waals surface area contributed by atoms with Gasteiger partial charge in [0.25, 0.3) is 0 Å². The molecule has 0 atom stereocenters. The summed E-state index contributed by atoms with van der Waals surface area (Å²) in [7, 11) is 0. The Labute approximate surface area is 90.6 Å². The Morgan fingerprint density at radius 3 is 2.50 bits per heavy atom. The number of benzene rings is 1. The van der Waals surface area contributed by atoms with Crippen LogP contribution in [0.2, 0.25) is 0 Å². The minimum atomic E-state index is 0.0278. The van der Waals surface area contributed by atoms with Gasteiger partial charge in [0, 0.05) is 0 Å². The topological polar surface area (TPSA) is 38.7 Å². The fraction of sp³-hybridized carbons (Fsp3) is 0. The minimum Gasteiger partial charge on any atom is -0.463 e. The third-order valence-corrected chi connectivity index (χ3v) is 1.47. The van der Waals surface area contributed by atoms with E-state index >= 15 is 0 Å². The van der Waals surface area contributed by atoms with Crippen molar-refractivity contribution < 1.29 is 9.53 Å². The zero-order valence-electron chi connectivity index (χ0n) is 6.91. The maximum absolute atomic E-state index is 9.91. The smallest absolute Gasteiger partial charge is 0.240 e. The lowest BCUT2D eigenvalue weighted by Crippen LogP contribution is -1.80. The molecule has 0 aliphatic carbocycles. The van der Waals surface area contributed by atoms with Crippen LogP contribution in [0.3, 0.4) is 0 Å². The number of isocyanates is 1. The molecule has 72 valence electrons. The van der Waals surface area contributed by atoms with E-state index in [-0.39, 0.29) is 4.49 Å². The van der Waals surface area contributed by atoms with E-state index in [1.165, 1.54) is 12.3 Å². The highest BCUT2D eigenvalue weighted by Crippen LogP contribution is 2.18. The van der Waals surface area contributed by atoms with Crippen molar-refractivity contribution >= 4 is 35.0 Å². The van der Waals surface area contributed by atoms with Gasteiger partial charge in [-0.25, -0.2) is 4.79 Å². The van der Waals surface area contributed by atoms with Crippen LogP contribution in [0.5, 0.6) is 5.75 Å². The maximum Gasteiger partial charge on any atom is 0.240 e. The Kier molecular flexibility index (Phi) is 4.20. The molecule has 0 heterocycles. The molecule has 14 heavy (non-hydrogen) atoms. The number of hydrogen-bond donors (Lipinski definition) is 0. The molecule has 3 nitrogen and oxygen atoms in total. The van der Waals surface area contributed by atoms with E-state index in [1.54, 1.807) is 24.3 Å². The van der Waals surface area contributed by atoms with Crippen molar-refractivity contribution in [2.75, 3.05) is 0 Å². The first-order valence-corrected chi connectivity index (χ1v) is 4.34. The number of ether oxygens (including phenoxy) is 1. The monoisotopic (exact) mass is 229 g/mol. The van der Waals surface area contributed by atoms with E-state index in [4.69, 9.17) is 27.9 Å². The van der Waals surface area contributed by atoms with Crippen LogP contribution in [0, 0.1) is 0 Å². The van der Waals surface area contributed by atoms with Crippen LogP contribution in [-0.4, -0.2) is 6.08 Å². The van der Waals surface area contributed by atoms with Gasteiger partial charge in [-0.15, -0.1) is 0 Å². The molecule has 0 aromatic heterocycles. The van der Waals surface area contributed by atoms with E-state index in [1.807, 2.05) is 0 Å². The van der Waals surface area contributed by atoms with Crippen molar-refractivity contribution in [1.29, 1.82) is 0 Å². The summed E-state index contributed by atoms with van der Waals surface area (Å²) in [4.78, 5) is 13.3. The number of rotatable bonds is 3. The quantitative estimate of drug-likeness (QED) is 0.453. The highest BCUT2D eigenvalue weighted by molar-refractivity contribution is 6.55. The van der Waals surface area contributed by atoms with Crippen LogP contribution < -0.4 is 4.74 Å². The van der Waals surface area contributed by atoms with Crippen LogP contribution in [-0.2, 0) is 4.79 Å². The molecule has 0 fully saturated rings. The first-order valence-electron chi connectivity index (χ1n) is 3.58. The van der Waals surface area contributed by atoms with Gasteiger partial charge in [0.1, 0.15) is 16.5 Å². The van der Waals surface area contributed by atoms with Crippen LogP contribution in [0.25, 0.3) is 0 Å². The Balaban J connectivity index is 2.73. The molecule has 0 radical (unpaired) electrons. The first kappa shape index (κ1) is 10.8. The summed E-state index contributed by atoms with van der Waals surface area (Å²) in [5.41, 5.74) is 0.508. The van der Waals surface area contributed by atoms with Crippen molar-refractivity contribution in [3.8, 4) is 5.75 Å². The SMILES string of the molecule is O=C=Nc1ccc(OC=C(Cl)Cl)cc1. The fourth-order valence-corrected chi connectivity index (χ4v) is 0.854. The minimum absolute atomic E-state index is 0.0278. The zero-order chi connectivity index (χ0) is 10.4. The first-order chi connectivity index (χ1) is 6.72. The van der Waals surface area contributed by atoms with Crippen LogP contribution in [0.4, 0.5) is 5.69 Å². The summed E-state index contributed by atoms with van der Waals surface area (Å²) >= 11 is 10.7. The van der Waals surface area contributed by atoms with Gasteiger partial charge in [-0.05, 0) is 24.3 Å². The molecule has 0 aliphatic heterocycles. The highest BCUT2D eigenvalue weighted by Gasteiger charge is 1.92. The number of halogens is 2. The summed E-state index contributed by atoms with van der Waals surface area (Å²) in [6.07, 6.45) is 2.63. The van der Waals surface area contributed by atoms with E-state index < -0.39 is 0 Å². The van der Waals surface area contributed by atoms with Crippen molar-refractivity contribution in [1.82, 2.24) is 0 Å². The number of hydrogen-bond acceptors (Lipinski definition) is 3. The highest BCUT2D eigenvalue weighted by atomic mass is 35.5. The summed E-state index contributed by atoms with van der Waals surface area (Å²) in [6, 6.07) is 6.47. The Morgan fingerprint density at radius 1 is 1.36 bits per heavy atom. The third-order valence-electron chi connectivity index (χ3n) is 1.30. The Bertz CT molecular complexity index is 376. The molecular weight excluding hydrogens is 225 g/mol. The molecule has 5 heteroatoms. The molecule has 0 saturated carbocycles. The molecule has 0 saturated heterocycles. The Morgan fingerprint density at radius 2 is 2.00 bits per heavy atom. The standard InChI is InChI=1S/C9H5Cl2NO2/c10-9(11)5-14-8-3-1-7(2-4-8)12-6-13/h1-5H. The number of nitrogens with zero attached hydrogens (tertiary/aromatic N) is 1. The summed E-state index contributed by atoms with van der Waals surface area (Å²) < 4.78 is 5.06. The van der Waals surface area contributed by atoms with Crippen molar-refractivity contribution in [2.24, 2.45) is 4.99 Å². The molecule has 0 N–H and O–H groups in total. The van der Waals surface area contributed by atoms with Gasteiger partial charge >= 0.3 is 0 Å². The second kappa shape index (κ2) is 5.45. The van der Waals surface area contributed by atoms with Gasteiger partial charge < -0.3 is 4.74 Å². The number of aliphatic imine (C=N–C) groups is 1. The lowest BCUT2D eigenvalue weighted by Gasteiger charge is -1.98. The summed E-state index contributed by atoms with van der Waals surface area (Å²) in [5.74, 6) is 0.550. The molecule has 1 rings (SSSR count). The molecule has 0 unspecified atom stereocenters. The third kappa shape index (κ3) is 3.62. The van der Waals surface area contributed by atoms with E-state index in [2.05, 4.69) is 4.99 Å². The molecule has 1 aromatic carbocycles. The van der Waals surface area contributed by atoms with Gasteiger partial charge in [0.2, 0.25) is 6.08 Å². The Hall–Kier alpha value is -1.28. The lowest BCUT2D eigenvalue weighted by molar-refractivity contribution is 0.481.